The van der Waals surface area contributed by atoms with Crippen LogP contribution in [0.1, 0.15) is 39.5 Å². The van der Waals surface area contributed by atoms with Crippen LogP contribution >= 0.6 is 23.2 Å². The minimum Gasteiger partial charge on any atom is -0.342 e. The molecule has 0 aromatic heterocycles. The number of carbonyl (C=O) groups is 1. The van der Waals surface area contributed by atoms with E-state index in [0.29, 0.717) is 6.42 Å². The molecule has 1 amide bonds. The molecule has 1 atom stereocenters. The molecule has 4 heteroatoms. The first-order valence-electron chi connectivity index (χ1n) is 6.08. The maximum Gasteiger partial charge on any atom is 0.231 e. The van der Waals surface area contributed by atoms with E-state index in [1.807, 2.05) is 11.8 Å². The molecule has 92 valence electrons. The Morgan fingerprint density at radius 3 is 2.38 bits per heavy atom. The monoisotopic (exact) mass is 263 g/mol. The zero-order chi connectivity index (χ0) is 12.0. The summed E-state index contributed by atoms with van der Waals surface area (Å²) in [7, 11) is 0. The fourth-order valence-electron chi connectivity index (χ4n) is 2.14. The number of amides is 1. The molecular weight excluding hydrogens is 245 g/mol. The van der Waals surface area contributed by atoms with Gasteiger partial charge in [0.1, 0.15) is 4.33 Å². The van der Waals surface area contributed by atoms with Crippen LogP contribution in [0.5, 0.6) is 0 Å². The van der Waals surface area contributed by atoms with Gasteiger partial charge in [-0.3, -0.25) is 4.79 Å². The van der Waals surface area contributed by atoms with Crippen molar-refractivity contribution >= 4 is 29.1 Å². The highest BCUT2D eigenvalue weighted by molar-refractivity contribution is 6.53. The van der Waals surface area contributed by atoms with E-state index in [1.165, 1.54) is 12.8 Å². The fourth-order valence-corrected chi connectivity index (χ4v) is 2.83. The minimum atomic E-state index is -0.834. The topological polar surface area (TPSA) is 20.3 Å². The van der Waals surface area contributed by atoms with Gasteiger partial charge in [0.2, 0.25) is 5.91 Å². The number of nitrogens with zero attached hydrogens (tertiary/aromatic N) is 1. The summed E-state index contributed by atoms with van der Waals surface area (Å²) in [4.78, 5) is 14.3. The molecule has 0 spiro atoms. The van der Waals surface area contributed by atoms with Gasteiger partial charge in [-0.1, -0.05) is 6.92 Å². The van der Waals surface area contributed by atoms with Crippen molar-refractivity contribution in [1.82, 2.24) is 4.90 Å². The molecule has 0 N–H and O–H groups in total. The summed E-state index contributed by atoms with van der Waals surface area (Å²) in [6.07, 6.45) is 4.10. The second-order valence-corrected chi connectivity index (χ2v) is 6.89. The SMILES string of the molecule is CCCN(CC1CC1)C(=O)C1(C)CC1(Cl)Cl. The Morgan fingerprint density at radius 1 is 1.44 bits per heavy atom. The van der Waals surface area contributed by atoms with E-state index in [4.69, 9.17) is 23.2 Å². The summed E-state index contributed by atoms with van der Waals surface area (Å²) >= 11 is 12.1. The average molecular weight is 264 g/mol. The van der Waals surface area contributed by atoms with Gasteiger partial charge in [0, 0.05) is 13.1 Å². The van der Waals surface area contributed by atoms with Crippen molar-refractivity contribution in [3.05, 3.63) is 0 Å². The van der Waals surface area contributed by atoms with Crippen molar-refractivity contribution in [3.63, 3.8) is 0 Å². The normalized spacial score (nSPS) is 31.2. The summed E-state index contributed by atoms with van der Waals surface area (Å²) in [6, 6.07) is 0. The lowest BCUT2D eigenvalue weighted by atomic mass is 10.1. The summed E-state index contributed by atoms with van der Waals surface area (Å²) in [5.74, 6) is 0.865. The first-order chi connectivity index (χ1) is 7.40. The van der Waals surface area contributed by atoms with E-state index in [1.54, 1.807) is 0 Å². The summed E-state index contributed by atoms with van der Waals surface area (Å²) in [5.41, 5.74) is -0.541. The molecule has 0 aliphatic heterocycles. The smallest absolute Gasteiger partial charge is 0.231 e. The van der Waals surface area contributed by atoms with Gasteiger partial charge in [0.15, 0.2) is 0 Å². The zero-order valence-corrected chi connectivity index (χ0v) is 11.4. The van der Waals surface area contributed by atoms with Crippen molar-refractivity contribution in [2.75, 3.05) is 13.1 Å². The van der Waals surface area contributed by atoms with Crippen LogP contribution in [0.4, 0.5) is 0 Å². The Hall–Kier alpha value is 0.0500. The lowest BCUT2D eigenvalue weighted by Crippen LogP contribution is -2.40. The van der Waals surface area contributed by atoms with Gasteiger partial charge < -0.3 is 4.90 Å². The molecule has 0 aromatic carbocycles. The Bertz CT molecular complexity index is 301. The lowest BCUT2D eigenvalue weighted by molar-refractivity contribution is -0.136. The molecule has 2 nitrogen and oxygen atoms in total. The zero-order valence-electron chi connectivity index (χ0n) is 9.93. The third kappa shape index (κ3) is 2.19. The van der Waals surface area contributed by atoms with Gasteiger partial charge in [-0.15, -0.1) is 23.2 Å². The van der Waals surface area contributed by atoms with Crippen LogP contribution in [0.2, 0.25) is 0 Å². The van der Waals surface area contributed by atoms with Gasteiger partial charge in [0.25, 0.3) is 0 Å². The average Bonchev–Trinajstić information content (AvgIpc) is 3.06. The molecule has 0 saturated heterocycles. The molecule has 0 aromatic rings. The number of carbonyl (C=O) groups excluding carboxylic acids is 1. The number of hydrogen-bond acceptors (Lipinski definition) is 1. The van der Waals surface area contributed by atoms with E-state index in [0.717, 1.165) is 25.4 Å². The van der Waals surface area contributed by atoms with Gasteiger partial charge >= 0.3 is 0 Å². The summed E-state index contributed by atoms with van der Waals surface area (Å²) < 4.78 is -0.834. The van der Waals surface area contributed by atoms with Crippen LogP contribution in [0.15, 0.2) is 0 Å². The Balaban J connectivity index is 1.99. The molecule has 2 saturated carbocycles. The molecule has 0 radical (unpaired) electrons. The predicted molar refractivity (Wildman–Crippen MR) is 66.8 cm³/mol. The highest BCUT2D eigenvalue weighted by Gasteiger charge is 2.68. The Kier molecular flexibility index (Phi) is 3.17. The van der Waals surface area contributed by atoms with Crippen molar-refractivity contribution in [2.45, 2.75) is 43.9 Å². The van der Waals surface area contributed by atoms with Crippen LogP contribution in [-0.4, -0.2) is 28.2 Å². The van der Waals surface area contributed by atoms with Gasteiger partial charge in [-0.25, -0.2) is 0 Å². The molecule has 0 heterocycles. The predicted octanol–water partition coefficient (Wildman–Crippen LogP) is 3.22. The van der Waals surface area contributed by atoms with E-state index >= 15 is 0 Å². The first kappa shape index (κ1) is 12.5. The molecule has 2 rings (SSSR count). The van der Waals surface area contributed by atoms with Crippen LogP contribution in [-0.2, 0) is 4.79 Å². The van der Waals surface area contributed by atoms with Gasteiger partial charge in [-0.2, -0.15) is 0 Å². The third-order valence-electron chi connectivity index (χ3n) is 3.69. The molecule has 1 unspecified atom stereocenters. The maximum atomic E-state index is 12.4. The van der Waals surface area contributed by atoms with Crippen molar-refractivity contribution in [3.8, 4) is 0 Å². The minimum absolute atomic E-state index is 0.145. The molecule has 2 fully saturated rings. The molecular formula is C12H19Cl2NO. The highest BCUT2D eigenvalue weighted by atomic mass is 35.5. The van der Waals surface area contributed by atoms with Crippen molar-refractivity contribution in [2.24, 2.45) is 11.3 Å². The van der Waals surface area contributed by atoms with Gasteiger partial charge in [0.05, 0.1) is 5.41 Å². The third-order valence-corrected chi connectivity index (χ3v) is 4.79. The maximum absolute atomic E-state index is 12.4. The number of alkyl halides is 2. The fraction of sp³-hybridized carbons (Fsp3) is 0.917. The second-order valence-electron chi connectivity index (χ2n) is 5.41. The second kappa shape index (κ2) is 4.06. The van der Waals surface area contributed by atoms with Crippen molar-refractivity contribution < 1.29 is 4.79 Å². The van der Waals surface area contributed by atoms with E-state index in [9.17, 15) is 4.79 Å². The lowest BCUT2D eigenvalue weighted by Gasteiger charge is -2.26. The summed E-state index contributed by atoms with van der Waals surface area (Å²) in [5, 5.41) is 0. The van der Waals surface area contributed by atoms with Gasteiger partial charge in [-0.05, 0) is 38.5 Å². The van der Waals surface area contributed by atoms with Crippen LogP contribution < -0.4 is 0 Å². The van der Waals surface area contributed by atoms with Crippen molar-refractivity contribution in [1.29, 1.82) is 0 Å². The Morgan fingerprint density at radius 2 is 2.00 bits per heavy atom. The number of hydrogen-bond donors (Lipinski definition) is 0. The van der Waals surface area contributed by atoms with E-state index in [-0.39, 0.29) is 5.91 Å². The standard InChI is InChI=1S/C12H19Cl2NO/c1-3-6-15(7-9-4-5-9)10(16)11(2)8-12(11,13)14/h9H,3-8H2,1-2H3. The largest absolute Gasteiger partial charge is 0.342 e. The molecule has 16 heavy (non-hydrogen) atoms. The Labute approximate surface area is 107 Å². The quantitative estimate of drug-likeness (QED) is 0.698. The highest BCUT2D eigenvalue weighted by Crippen LogP contribution is 2.64. The number of rotatable bonds is 5. The number of halogens is 2. The van der Waals surface area contributed by atoms with E-state index in [2.05, 4.69) is 6.92 Å². The van der Waals surface area contributed by atoms with E-state index < -0.39 is 9.75 Å². The molecule has 0 bridgehead atoms. The van der Waals surface area contributed by atoms with Crippen LogP contribution in [0.3, 0.4) is 0 Å². The van der Waals surface area contributed by atoms with Crippen LogP contribution in [0, 0.1) is 11.3 Å². The van der Waals surface area contributed by atoms with Crippen LogP contribution in [0.25, 0.3) is 0 Å². The summed E-state index contributed by atoms with van der Waals surface area (Å²) in [6.45, 7) is 5.70. The molecule has 2 aliphatic rings. The first-order valence-corrected chi connectivity index (χ1v) is 6.83. The molecule has 2 aliphatic carbocycles.